The highest BCUT2D eigenvalue weighted by Crippen LogP contribution is 2.18. The third kappa shape index (κ3) is 2.21. The lowest BCUT2D eigenvalue weighted by molar-refractivity contribution is 0.645. The van der Waals surface area contributed by atoms with E-state index in [9.17, 15) is 0 Å². The number of hydrogen-bond acceptors (Lipinski definition) is 2. The molecule has 1 N–H and O–H groups in total. The second-order valence-corrected chi connectivity index (χ2v) is 3.87. The maximum Gasteiger partial charge on any atom is 0.0927 e. The summed E-state index contributed by atoms with van der Waals surface area (Å²) in [6, 6.07) is 16.6. The summed E-state index contributed by atoms with van der Waals surface area (Å²) in [6.07, 6.45) is 0. The summed E-state index contributed by atoms with van der Waals surface area (Å²) in [5, 5.41) is 14.4. The third-order valence-corrected chi connectivity index (χ3v) is 2.67. The van der Waals surface area contributed by atoms with Crippen molar-refractivity contribution >= 4 is 10.8 Å². The number of nitrogens with one attached hydrogen (secondary N) is 1. The van der Waals surface area contributed by atoms with E-state index in [1.165, 1.54) is 16.3 Å². The summed E-state index contributed by atoms with van der Waals surface area (Å²) in [6.45, 7) is 2.60. The van der Waals surface area contributed by atoms with E-state index >= 15 is 0 Å². The van der Waals surface area contributed by atoms with Crippen molar-refractivity contribution in [2.24, 2.45) is 0 Å². The van der Waals surface area contributed by atoms with Gasteiger partial charge in [-0.2, -0.15) is 5.26 Å². The van der Waals surface area contributed by atoms with E-state index in [2.05, 4.69) is 41.7 Å². The molecule has 0 aromatic heterocycles. The average molecular weight is 210 g/mol. The lowest BCUT2D eigenvalue weighted by atomic mass is 10.0. The maximum atomic E-state index is 8.71. The zero-order valence-corrected chi connectivity index (χ0v) is 9.27. The highest BCUT2D eigenvalue weighted by Gasteiger charge is 2.02. The minimum Gasteiger partial charge on any atom is -0.298 e. The van der Waals surface area contributed by atoms with E-state index in [4.69, 9.17) is 5.26 Å². The predicted molar refractivity (Wildman–Crippen MR) is 65.9 cm³/mol. The number of nitrogens with zero attached hydrogens (tertiary/aromatic N) is 1. The van der Waals surface area contributed by atoms with Gasteiger partial charge in [-0.15, -0.1) is 0 Å². The molecule has 0 aliphatic carbocycles. The Bertz CT molecular complexity index is 520. The summed E-state index contributed by atoms with van der Waals surface area (Å²) in [5.74, 6) is 0. The van der Waals surface area contributed by atoms with E-state index in [1.54, 1.807) is 0 Å². The van der Waals surface area contributed by atoms with Crippen LogP contribution in [0.2, 0.25) is 0 Å². The molecule has 2 nitrogen and oxygen atoms in total. The molecule has 16 heavy (non-hydrogen) atoms. The smallest absolute Gasteiger partial charge is 0.0927 e. The number of hydrogen-bond donors (Lipinski definition) is 1. The molecular weight excluding hydrogens is 196 g/mol. The molecule has 1 unspecified atom stereocenters. The molecule has 0 spiro atoms. The first-order valence-electron chi connectivity index (χ1n) is 5.41. The molecule has 0 heterocycles. The van der Waals surface area contributed by atoms with Gasteiger partial charge < -0.3 is 0 Å². The number of rotatable bonds is 3. The largest absolute Gasteiger partial charge is 0.298 e. The molecule has 0 bridgehead atoms. The molecule has 0 fully saturated rings. The lowest BCUT2D eigenvalue weighted by Crippen LogP contribution is -2.23. The van der Waals surface area contributed by atoms with E-state index in [0.29, 0.717) is 0 Å². The topological polar surface area (TPSA) is 35.8 Å². The minimum atomic E-state index is -0.112. The molecule has 0 amide bonds. The molecule has 0 saturated heterocycles. The predicted octanol–water partition coefficient (Wildman–Crippen LogP) is 2.84. The highest BCUT2D eigenvalue weighted by molar-refractivity contribution is 5.85. The van der Waals surface area contributed by atoms with Crippen molar-refractivity contribution in [2.75, 3.05) is 0 Å². The Kier molecular flexibility index (Phi) is 3.19. The fourth-order valence-electron chi connectivity index (χ4n) is 1.76. The Hall–Kier alpha value is -1.85. The first kappa shape index (κ1) is 10.7. The van der Waals surface area contributed by atoms with Crippen molar-refractivity contribution in [1.29, 1.82) is 5.26 Å². The van der Waals surface area contributed by atoms with Crippen LogP contribution in [-0.4, -0.2) is 6.04 Å². The van der Waals surface area contributed by atoms with Gasteiger partial charge in [-0.05, 0) is 23.3 Å². The lowest BCUT2D eigenvalue weighted by Gasteiger charge is -2.09. The van der Waals surface area contributed by atoms with Crippen LogP contribution in [0.3, 0.4) is 0 Å². The Balaban J connectivity index is 2.28. The molecule has 2 rings (SSSR count). The van der Waals surface area contributed by atoms with Gasteiger partial charge in [0.25, 0.3) is 0 Å². The van der Waals surface area contributed by atoms with Crippen molar-refractivity contribution in [3.63, 3.8) is 0 Å². The number of benzene rings is 2. The fraction of sp³-hybridized carbons (Fsp3) is 0.214. The van der Waals surface area contributed by atoms with Gasteiger partial charge >= 0.3 is 0 Å². The van der Waals surface area contributed by atoms with Crippen LogP contribution < -0.4 is 5.32 Å². The molecule has 80 valence electrons. The molecule has 2 aromatic rings. The zero-order valence-electron chi connectivity index (χ0n) is 9.27. The van der Waals surface area contributed by atoms with Crippen LogP contribution in [-0.2, 0) is 6.54 Å². The first-order valence-corrected chi connectivity index (χ1v) is 5.41. The van der Waals surface area contributed by atoms with E-state index < -0.39 is 0 Å². The van der Waals surface area contributed by atoms with Gasteiger partial charge in [-0.1, -0.05) is 42.5 Å². The van der Waals surface area contributed by atoms with E-state index in [1.807, 2.05) is 19.1 Å². The molecule has 0 aliphatic rings. The SMILES string of the molecule is CC(C#N)NCc1cccc2ccccc12. The van der Waals surface area contributed by atoms with Crippen LogP contribution in [0.25, 0.3) is 10.8 Å². The van der Waals surface area contributed by atoms with Crippen LogP contribution in [0.5, 0.6) is 0 Å². The van der Waals surface area contributed by atoms with Crippen molar-refractivity contribution in [2.45, 2.75) is 19.5 Å². The molecule has 2 heteroatoms. The molecule has 0 saturated carbocycles. The van der Waals surface area contributed by atoms with Gasteiger partial charge in [0.1, 0.15) is 0 Å². The maximum absolute atomic E-state index is 8.71. The normalized spacial score (nSPS) is 12.2. The highest BCUT2D eigenvalue weighted by atomic mass is 14.9. The van der Waals surface area contributed by atoms with Gasteiger partial charge in [-0.3, -0.25) is 5.32 Å². The van der Waals surface area contributed by atoms with Crippen LogP contribution in [0.15, 0.2) is 42.5 Å². The van der Waals surface area contributed by atoms with E-state index in [0.717, 1.165) is 6.54 Å². The van der Waals surface area contributed by atoms with Crippen LogP contribution in [0.1, 0.15) is 12.5 Å². The molecule has 1 atom stereocenters. The Labute approximate surface area is 95.5 Å². The van der Waals surface area contributed by atoms with Crippen molar-refractivity contribution < 1.29 is 0 Å². The second kappa shape index (κ2) is 4.78. The van der Waals surface area contributed by atoms with Crippen molar-refractivity contribution in [1.82, 2.24) is 5.32 Å². The first-order chi connectivity index (χ1) is 7.81. The van der Waals surface area contributed by atoms with Gasteiger partial charge in [0.15, 0.2) is 0 Å². The fourth-order valence-corrected chi connectivity index (χ4v) is 1.76. The summed E-state index contributed by atoms with van der Waals surface area (Å²) in [4.78, 5) is 0. The standard InChI is InChI=1S/C14H14N2/c1-11(9-15)16-10-13-7-4-6-12-5-2-3-8-14(12)13/h2-8,11,16H,10H2,1H3. The van der Waals surface area contributed by atoms with Crippen LogP contribution in [0.4, 0.5) is 0 Å². The quantitative estimate of drug-likeness (QED) is 0.845. The number of fused-ring (bicyclic) bond motifs is 1. The summed E-state index contributed by atoms with van der Waals surface area (Å²) in [5.41, 5.74) is 1.24. The average Bonchev–Trinajstić information content (AvgIpc) is 2.35. The van der Waals surface area contributed by atoms with Crippen LogP contribution >= 0.6 is 0 Å². The third-order valence-electron chi connectivity index (χ3n) is 2.67. The van der Waals surface area contributed by atoms with E-state index in [-0.39, 0.29) is 6.04 Å². The Morgan fingerprint density at radius 1 is 1.19 bits per heavy atom. The Morgan fingerprint density at radius 3 is 2.75 bits per heavy atom. The number of nitriles is 1. The summed E-state index contributed by atoms with van der Waals surface area (Å²) >= 11 is 0. The molecular formula is C14H14N2. The summed E-state index contributed by atoms with van der Waals surface area (Å²) < 4.78 is 0. The summed E-state index contributed by atoms with van der Waals surface area (Å²) in [7, 11) is 0. The minimum absolute atomic E-state index is 0.112. The molecule has 0 radical (unpaired) electrons. The monoisotopic (exact) mass is 210 g/mol. The molecule has 2 aromatic carbocycles. The van der Waals surface area contributed by atoms with Crippen LogP contribution in [0, 0.1) is 11.3 Å². The van der Waals surface area contributed by atoms with Crippen molar-refractivity contribution in [3.05, 3.63) is 48.0 Å². The van der Waals surface area contributed by atoms with Gasteiger partial charge in [0.2, 0.25) is 0 Å². The Morgan fingerprint density at radius 2 is 1.94 bits per heavy atom. The zero-order chi connectivity index (χ0) is 11.4. The van der Waals surface area contributed by atoms with Gasteiger partial charge in [0, 0.05) is 6.54 Å². The molecule has 0 aliphatic heterocycles. The van der Waals surface area contributed by atoms with Crippen molar-refractivity contribution in [3.8, 4) is 6.07 Å². The second-order valence-electron chi connectivity index (χ2n) is 3.87. The van der Waals surface area contributed by atoms with Gasteiger partial charge in [0.05, 0.1) is 12.1 Å². The van der Waals surface area contributed by atoms with Gasteiger partial charge in [-0.25, -0.2) is 0 Å².